The van der Waals surface area contributed by atoms with Crippen molar-refractivity contribution in [2.24, 2.45) is 5.73 Å². The summed E-state index contributed by atoms with van der Waals surface area (Å²) in [5.74, 6) is 0.819. The summed E-state index contributed by atoms with van der Waals surface area (Å²) in [6.07, 6.45) is 0. The quantitative estimate of drug-likeness (QED) is 0.782. The summed E-state index contributed by atoms with van der Waals surface area (Å²) in [6, 6.07) is 0. The van der Waals surface area contributed by atoms with Gasteiger partial charge in [-0.2, -0.15) is 0 Å². The van der Waals surface area contributed by atoms with E-state index in [1.54, 1.807) is 7.11 Å². The molecule has 0 aliphatic rings. The molecule has 84 valence electrons. The van der Waals surface area contributed by atoms with Crippen molar-refractivity contribution in [2.45, 2.75) is 20.8 Å². The first kappa shape index (κ1) is 12.1. The zero-order valence-electron chi connectivity index (χ0n) is 9.57. The molecule has 0 bridgehead atoms. The Labute approximate surface area is 95.6 Å². The Morgan fingerprint density at radius 1 is 1.20 bits per heavy atom. The number of nitrogens with one attached hydrogen (secondary N) is 1. The van der Waals surface area contributed by atoms with E-state index in [0.29, 0.717) is 6.67 Å². The summed E-state index contributed by atoms with van der Waals surface area (Å²) in [6.45, 7) is 6.28. The van der Waals surface area contributed by atoms with Crippen molar-refractivity contribution in [2.75, 3.05) is 19.1 Å². The van der Waals surface area contributed by atoms with Crippen LogP contribution in [-0.4, -0.2) is 13.8 Å². The van der Waals surface area contributed by atoms with Gasteiger partial charge in [-0.1, -0.05) is 11.6 Å². The van der Waals surface area contributed by atoms with Crippen LogP contribution in [0.25, 0.3) is 0 Å². The average Bonchev–Trinajstić information content (AvgIpc) is 2.24. The van der Waals surface area contributed by atoms with Crippen LogP contribution in [-0.2, 0) is 0 Å². The maximum Gasteiger partial charge on any atom is 0.145 e. The van der Waals surface area contributed by atoms with E-state index in [9.17, 15) is 0 Å². The van der Waals surface area contributed by atoms with Crippen molar-refractivity contribution in [1.82, 2.24) is 0 Å². The van der Waals surface area contributed by atoms with Gasteiger partial charge in [0.15, 0.2) is 0 Å². The molecule has 0 saturated carbocycles. The lowest BCUT2D eigenvalue weighted by atomic mass is 10.0. The molecule has 3 N–H and O–H groups in total. The first-order chi connectivity index (χ1) is 7.04. The van der Waals surface area contributed by atoms with Crippen LogP contribution < -0.4 is 15.8 Å². The minimum atomic E-state index is 0.357. The van der Waals surface area contributed by atoms with Gasteiger partial charge in [-0.05, 0) is 37.5 Å². The minimum Gasteiger partial charge on any atom is -0.494 e. The van der Waals surface area contributed by atoms with Gasteiger partial charge >= 0.3 is 0 Å². The van der Waals surface area contributed by atoms with E-state index >= 15 is 0 Å². The molecule has 0 aliphatic carbocycles. The number of ether oxygens (including phenoxy) is 1. The van der Waals surface area contributed by atoms with Crippen molar-refractivity contribution in [3.8, 4) is 5.75 Å². The van der Waals surface area contributed by atoms with E-state index in [2.05, 4.69) is 5.32 Å². The predicted octanol–water partition coefficient (Wildman–Crippen LogP) is 2.60. The third kappa shape index (κ3) is 2.03. The second kappa shape index (κ2) is 4.73. The molecule has 15 heavy (non-hydrogen) atoms. The fourth-order valence-electron chi connectivity index (χ4n) is 1.65. The van der Waals surface area contributed by atoms with Gasteiger partial charge in [-0.15, -0.1) is 0 Å². The van der Waals surface area contributed by atoms with Crippen LogP contribution >= 0.6 is 11.6 Å². The Kier molecular flexibility index (Phi) is 3.83. The van der Waals surface area contributed by atoms with E-state index in [1.807, 2.05) is 20.8 Å². The van der Waals surface area contributed by atoms with E-state index in [-0.39, 0.29) is 0 Å². The molecule has 0 heterocycles. The van der Waals surface area contributed by atoms with Crippen LogP contribution in [0, 0.1) is 20.8 Å². The van der Waals surface area contributed by atoms with Crippen LogP contribution in [0.2, 0.25) is 5.02 Å². The average molecular weight is 229 g/mol. The molecule has 1 aromatic carbocycles. The highest BCUT2D eigenvalue weighted by Gasteiger charge is 2.16. The van der Waals surface area contributed by atoms with E-state index in [4.69, 9.17) is 22.1 Å². The number of hydrogen-bond acceptors (Lipinski definition) is 3. The largest absolute Gasteiger partial charge is 0.494 e. The third-order valence-corrected chi connectivity index (χ3v) is 3.21. The third-order valence-electron chi connectivity index (χ3n) is 2.65. The van der Waals surface area contributed by atoms with Crippen LogP contribution in [0.4, 0.5) is 5.69 Å². The van der Waals surface area contributed by atoms with Crippen LogP contribution in [0.5, 0.6) is 5.75 Å². The molecule has 1 rings (SSSR count). The summed E-state index contributed by atoms with van der Waals surface area (Å²) >= 11 is 6.22. The molecule has 4 heteroatoms. The molecule has 0 aliphatic heterocycles. The molecule has 0 amide bonds. The first-order valence-corrected chi connectivity index (χ1v) is 5.19. The summed E-state index contributed by atoms with van der Waals surface area (Å²) in [7, 11) is 1.65. The van der Waals surface area contributed by atoms with Crippen molar-refractivity contribution in [3.63, 3.8) is 0 Å². The molecule has 0 saturated heterocycles. The number of benzene rings is 1. The lowest BCUT2D eigenvalue weighted by Gasteiger charge is -2.18. The van der Waals surface area contributed by atoms with Crippen molar-refractivity contribution in [1.29, 1.82) is 0 Å². The van der Waals surface area contributed by atoms with Crippen molar-refractivity contribution in [3.05, 3.63) is 21.7 Å². The highest BCUT2D eigenvalue weighted by molar-refractivity contribution is 6.32. The summed E-state index contributed by atoms with van der Waals surface area (Å²) in [5, 5.41) is 3.84. The number of anilines is 1. The molecule has 3 nitrogen and oxygen atoms in total. The lowest BCUT2D eigenvalue weighted by Crippen LogP contribution is -2.13. The Morgan fingerprint density at radius 3 is 2.27 bits per heavy atom. The van der Waals surface area contributed by atoms with Crippen molar-refractivity contribution >= 4 is 17.3 Å². The lowest BCUT2D eigenvalue weighted by molar-refractivity contribution is 0.412. The van der Waals surface area contributed by atoms with Gasteiger partial charge in [0.1, 0.15) is 5.75 Å². The number of rotatable bonds is 3. The summed E-state index contributed by atoms with van der Waals surface area (Å²) in [4.78, 5) is 0. The SMILES string of the molecule is COc1c(C)c(C)c(Cl)c(C)c1NCN. The Morgan fingerprint density at radius 2 is 1.80 bits per heavy atom. The smallest absolute Gasteiger partial charge is 0.145 e. The monoisotopic (exact) mass is 228 g/mol. The molecule has 0 fully saturated rings. The molecule has 0 unspecified atom stereocenters. The fraction of sp³-hybridized carbons (Fsp3) is 0.455. The van der Waals surface area contributed by atoms with Gasteiger partial charge in [0.2, 0.25) is 0 Å². The summed E-state index contributed by atoms with van der Waals surface area (Å²) < 4.78 is 5.37. The normalized spacial score (nSPS) is 10.3. The number of hydrogen-bond donors (Lipinski definition) is 2. The molecule has 0 radical (unpaired) electrons. The van der Waals surface area contributed by atoms with Gasteiger partial charge in [-0.3, -0.25) is 0 Å². The van der Waals surface area contributed by atoms with Crippen molar-refractivity contribution < 1.29 is 4.74 Å². The molecule has 1 aromatic rings. The highest BCUT2D eigenvalue weighted by Crippen LogP contribution is 2.39. The second-order valence-electron chi connectivity index (χ2n) is 3.48. The number of halogens is 1. The van der Waals surface area contributed by atoms with Crippen LogP contribution in [0.3, 0.4) is 0 Å². The topological polar surface area (TPSA) is 47.3 Å². The first-order valence-electron chi connectivity index (χ1n) is 4.81. The second-order valence-corrected chi connectivity index (χ2v) is 3.86. The molecular weight excluding hydrogens is 212 g/mol. The zero-order chi connectivity index (χ0) is 11.6. The van der Waals surface area contributed by atoms with Crippen LogP contribution in [0.1, 0.15) is 16.7 Å². The van der Waals surface area contributed by atoms with E-state index in [0.717, 1.165) is 33.1 Å². The molecule has 0 aromatic heterocycles. The van der Waals surface area contributed by atoms with Gasteiger partial charge in [-0.25, -0.2) is 0 Å². The Bertz CT molecular complexity index is 378. The standard InChI is InChI=1S/C11H17ClN2O/c1-6-7(2)11(15-4)10(14-5-13)8(3)9(6)12/h14H,5,13H2,1-4H3. The van der Waals surface area contributed by atoms with E-state index in [1.165, 1.54) is 0 Å². The molecule has 0 spiro atoms. The molecule has 0 atom stereocenters. The summed E-state index contributed by atoms with van der Waals surface area (Å²) in [5.41, 5.74) is 9.43. The Hall–Kier alpha value is -0.930. The van der Waals surface area contributed by atoms with Crippen LogP contribution in [0.15, 0.2) is 0 Å². The van der Waals surface area contributed by atoms with Gasteiger partial charge in [0.25, 0.3) is 0 Å². The number of nitrogens with two attached hydrogens (primary N) is 1. The minimum absolute atomic E-state index is 0.357. The van der Waals surface area contributed by atoms with E-state index < -0.39 is 0 Å². The van der Waals surface area contributed by atoms with Gasteiger partial charge < -0.3 is 15.8 Å². The maximum absolute atomic E-state index is 6.22. The zero-order valence-corrected chi connectivity index (χ0v) is 10.3. The fourth-order valence-corrected chi connectivity index (χ4v) is 1.89. The number of methoxy groups -OCH3 is 1. The maximum atomic E-state index is 6.22. The molecular formula is C11H17ClN2O. The Balaban J connectivity index is 3.47. The van der Waals surface area contributed by atoms with Gasteiger partial charge in [0.05, 0.1) is 19.5 Å². The van der Waals surface area contributed by atoms with Gasteiger partial charge in [0, 0.05) is 5.02 Å². The highest BCUT2D eigenvalue weighted by atomic mass is 35.5. The predicted molar refractivity (Wildman–Crippen MR) is 64.9 cm³/mol.